The van der Waals surface area contributed by atoms with Crippen LogP contribution in [-0.4, -0.2) is 26.1 Å². The van der Waals surface area contributed by atoms with Crippen LogP contribution in [-0.2, 0) is 29.1 Å². The highest BCUT2D eigenvalue weighted by Crippen LogP contribution is 2.15. The number of carbonyl (C=O) groups is 2. The first-order chi connectivity index (χ1) is 13.0. The van der Waals surface area contributed by atoms with E-state index < -0.39 is 5.97 Å². The minimum Gasteiger partial charge on any atom is -0.481 e. The van der Waals surface area contributed by atoms with Gasteiger partial charge in [0.05, 0.1) is 11.0 Å². The summed E-state index contributed by atoms with van der Waals surface area (Å²) in [6.45, 7) is 2.33. The average molecular weight is 367 g/mol. The second kappa shape index (κ2) is 7.90. The van der Waals surface area contributed by atoms with Crippen molar-refractivity contribution < 1.29 is 14.7 Å². The summed E-state index contributed by atoms with van der Waals surface area (Å²) in [6, 6.07) is 14.4. The van der Waals surface area contributed by atoms with Crippen molar-refractivity contribution in [3.05, 3.63) is 64.6 Å². The van der Waals surface area contributed by atoms with E-state index in [-0.39, 0.29) is 24.6 Å². The number of aryl methyl sites for hydroxylation is 2. The molecule has 0 bridgehead atoms. The molecular weight excluding hydrogens is 346 g/mol. The van der Waals surface area contributed by atoms with Gasteiger partial charge in [-0.25, -0.2) is 4.79 Å². The van der Waals surface area contributed by atoms with E-state index in [4.69, 9.17) is 5.11 Å². The molecule has 0 fully saturated rings. The van der Waals surface area contributed by atoms with E-state index in [9.17, 15) is 14.4 Å². The van der Waals surface area contributed by atoms with Crippen molar-refractivity contribution in [2.45, 2.75) is 32.9 Å². The molecule has 0 aliphatic heterocycles. The lowest BCUT2D eigenvalue weighted by Crippen LogP contribution is -2.29. The van der Waals surface area contributed by atoms with Crippen LogP contribution in [0.25, 0.3) is 11.0 Å². The number of carboxylic acids is 1. The molecule has 3 rings (SSSR count). The highest BCUT2D eigenvalue weighted by Gasteiger charge is 2.14. The Morgan fingerprint density at radius 2 is 1.74 bits per heavy atom. The molecule has 0 saturated carbocycles. The van der Waals surface area contributed by atoms with Crippen LogP contribution in [0.1, 0.15) is 18.9 Å². The molecule has 0 radical (unpaired) electrons. The minimum atomic E-state index is -0.865. The molecule has 27 heavy (non-hydrogen) atoms. The number of anilines is 1. The van der Waals surface area contributed by atoms with Crippen LogP contribution in [0.15, 0.2) is 53.3 Å². The number of fused-ring (bicyclic) bond motifs is 1. The topological polar surface area (TPSA) is 93.3 Å². The molecule has 7 heteroatoms. The zero-order chi connectivity index (χ0) is 19.4. The van der Waals surface area contributed by atoms with E-state index in [0.29, 0.717) is 18.7 Å². The second-order valence-electron chi connectivity index (χ2n) is 6.24. The monoisotopic (exact) mass is 367 g/mol. The van der Waals surface area contributed by atoms with E-state index in [2.05, 4.69) is 5.32 Å². The van der Waals surface area contributed by atoms with Gasteiger partial charge in [0, 0.05) is 18.7 Å². The average Bonchev–Trinajstić information content (AvgIpc) is 2.91. The molecule has 0 unspecified atom stereocenters. The lowest BCUT2D eigenvalue weighted by molar-refractivity contribution is -0.137. The van der Waals surface area contributed by atoms with Gasteiger partial charge >= 0.3 is 11.7 Å². The molecule has 0 spiro atoms. The number of aromatic nitrogens is 2. The Morgan fingerprint density at radius 1 is 1.04 bits per heavy atom. The number of nitrogens with one attached hydrogen (secondary N) is 1. The Bertz CT molecular complexity index is 1050. The fraction of sp³-hybridized carbons (Fsp3) is 0.250. The van der Waals surface area contributed by atoms with Crippen molar-refractivity contribution in [1.82, 2.24) is 9.13 Å². The van der Waals surface area contributed by atoms with Crippen molar-refractivity contribution >= 4 is 28.6 Å². The molecule has 7 nitrogen and oxygen atoms in total. The lowest BCUT2D eigenvalue weighted by Gasteiger charge is -2.08. The number of amides is 1. The Labute approximate surface area is 155 Å². The van der Waals surface area contributed by atoms with Gasteiger partial charge in [-0.1, -0.05) is 24.3 Å². The fourth-order valence-corrected chi connectivity index (χ4v) is 3.13. The normalized spacial score (nSPS) is 10.9. The van der Waals surface area contributed by atoms with Crippen LogP contribution >= 0.6 is 0 Å². The fourth-order valence-electron chi connectivity index (χ4n) is 3.13. The van der Waals surface area contributed by atoms with E-state index in [1.807, 2.05) is 37.3 Å². The Kier molecular flexibility index (Phi) is 5.40. The van der Waals surface area contributed by atoms with Crippen LogP contribution in [0, 0.1) is 0 Å². The molecule has 3 aromatic rings. The Morgan fingerprint density at radius 3 is 2.41 bits per heavy atom. The molecule has 2 aromatic carbocycles. The zero-order valence-electron chi connectivity index (χ0n) is 15.0. The summed E-state index contributed by atoms with van der Waals surface area (Å²) in [4.78, 5) is 35.8. The highest BCUT2D eigenvalue weighted by molar-refractivity contribution is 5.91. The number of carbonyl (C=O) groups excluding carboxylic acids is 1. The first-order valence-electron chi connectivity index (χ1n) is 8.78. The maximum absolute atomic E-state index is 12.6. The van der Waals surface area contributed by atoms with Crippen molar-refractivity contribution in [1.29, 1.82) is 0 Å². The van der Waals surface area contributed by atoms with Crippen molar-refractivity contribution in [3.8, 4) is 0 Å². The molecule has 0 atom stereocenters. The van der Waals surface area contributed by atoms with Gasteiger partial charge in [0.2, 0.25) is 5.91 Å². The first kappa shape index (κ1) is 18.4. The van der Waals surface area contributed by atoms with Gasteiger partial charge in [-0.2, -0.15) is 0 Å². The predicted octanol–water partition coefficient (Wildman–Crippen LogP) is 2.48. The third-order valence-electron chi connectivity index (χ3n) is 4.38. The van der Waals surface area contributed by atoms with Gasteiger partial charge < -0.3 is 10.4 Å². The summed E-state index contributed by atoms with van der Waals surface area (Å²) >= 11 is 0. The van der Waals surface area contributed by atoms with E-state index in [0.717, 1.165) is 16.6 Å². The number of benzene rings is 2. The standard InChI is InChI=1S/C20H21N3O4/c1-2-22-16-8-3-4-9-17(16)23(20(22)27)13-18(24)21-15-7-5-6-14(12-15)10-11-19(25)26/h3-9,12H,2,10-11,13H2,1H3,(H,21,24)(H,25,26). The summed E-state index contributed by atoms with van der Waals surface area (Å²) < 4.78 is 3.09. The maximum Gasteiger partial charge on any atom is 0.329 e. The molecule has 1 heterocycles. The Hall–Kier alpha value is -3.35. The van der Waals surface area contributed by atoms with Crippen molar-refractivity contribution in [3.63, 3.8) is 0 Å². The SMILES string of the molecule is CCn1c(=O)n(CC(=O)Nc2cccc(CCC(=O)O)c2)c2ccccc21. The zero-order valence-corrected chi connectivity index (χ0v) is 15.0. The summed E-state index contributed by atoms with van der Waals surface area (Å²) in [5.41, 5.74) is 2.71. The summed E-state index contributed by atoms with van der Waals surface area (Å²) in [6.07, 6.45) is 0.422. The number of rotatable bonds is 7. The van der Waals surface area contributed by atoms with E-state index in [1.54, 1.807) is 22.8 Å². The molecular formula is C20H21N3O4. The minimum absolute atomic E-state index is 0.0311. The number of carboxylic acid groups (broad SMARTS) is 1. The second-order valence-corrected chi connectivity index (χ2v) is 6.24. The predicted molar refractivity (Wildman–Crippen MR) is 103 cm³/mol. The van der Waals surface area contributed by atoms with Gasteiger partial charge in [-0.3, -0.25) is 18.7 Å². The Balaban J connectivity index is 1.78. The molecule has 0 aliphatic carbocycles. The van der Waals surface area contributed by atoms with Crippen LogP contribution in [0.2, 0.25) is 0 Å². The number of nitrogens with zero attached hydrogens (tertiary/aromatic N) is 2. The largest absolute Gasteiger partial charge is 0.481 e. The summed E-state index contributed by atoms with van der Waals surface area (Å²) in [5.74, 6) is -1.18. The molecule has 140 valence electrons. The summed E-state index contributed by atoms with van der Waals surface area (Å²) in [5, 5.41) is 11.6. The van der Waals surface area contributed by atoms with Gasteiger partial charge in [0.15, 0.2) is 0 Å². The first-order valence-corrected chi connectivity index (χ1v) is 8.78. The lowest BCUT2D eigenvalue weighted by atomic mass is 10.1. The third kappa shape index (κ3) is 4.08. The van der Waals surface area contributed by atoms with Crippen LogP contribution < -0.4 is 11.0 Å². The molecule has 0 saturated heterocycles. The third-order valence-corrected chi connectivity index (χ3v) is 4.38. The number of para-hydroxylation sites is 2. The smallest absolute Gasteiger partial charge is 0.329 e. The van der Waals surface area contributed by atoms with Crippen molar-refractivity contribution in [2.75, 3.05) is 5.32 Å². The van der Waals surface area contributed by atoms with Gasteiger partial charge in [-0.05, 0) is 43.2 Å². The van der Waals surface area contributed by atoms with Gasteiger partial charge in [0.1, 0.15) is 6.54 Å². The number of hydrogen-bond donors (Lipinski definition) is 2. The molecule has 1 aromatic heterocycles. The van der Waals surface area contributed by atoms with Gasteiger partial charge in [0.25, 0.3) is 0 Å². The van der Waals surface area contributed by atoms with Crippen LogP contribution in [0.5, 0.6) is 0 Å². The maximum atomic E-state index is 12.6. The number of aliphatic carboxylic acids is 1. The summed E-state index contributed by atoms with van der Waals surface area (Å²) in [7, 11) is 0. The van der Waals surface area contributed by atoms with E-state index in [1.165, 1.54) is 4.57 Å². The van der Waals surface area contributed by atoms with Crippen LogP contribution in [0.4, 0.5) is 5.69 Å². The number of hydrogen-bond acceptors (Lipinski definition) is 3. The molecule has 2 N–H and O–H groups in total. The molecule has 0 aliphatic rings. The number of imidazole rings is 1. The van der Waals surface area contributed by atoms with E-state index >= 15 is 0 Å². The van der Waals surface area contributed by atoms with Crippen molar-refractivity contribution in [2.24, 2.45) is 0 Å². The quantitative estimate of drug-likeness (QED) is 0.671. The highest BCUT2D eigenvalue weighted by atomic mass is 16.4. The van der Waals surface area contributed by atoms with Gasteiger partial charge in [-0.15, -0.1) is 0 Å². The molecule has 1 amide bonds. The van der Waals surface area contributed by atoms with Crippen LogP contribution in [0.3, 0.4) is 0 Å².